The van der Waals surface area contributed by atoms with Gasteiger partial charge in [0.15, 0.2) is 0 Å². The molecule has 0 amide bonds. The van der Waals surface area contributed by atoms with Crippen molar-refractivity contribution in [2.45, 2.75) is 25.9 Å². The molecule has 5 nitrogen and oxygen atoms in total. The van der Waals surface area contributed by atoms with Crippen LogP contribution in [0.3, 0.4) is 0 Å². The monoisotopic (exact) mass is 258 g/mol. The van der Waals surface area contributed by atoms with E-state index < -0.39 is 0 Å². The molecule has 1 N–H and O–H groups in total. The van der Waals surface area contributed by atoms with Crippen molar-refractivity contribution >= 4 is 5.95 Å². The fourth-order valence-electron chi connectivity index (χ4n) is 2.29. The van der Waals surface area contributed by atoms with Crippen LogP contribution in [0.2, 0.25) is 0 Å². The first-order valence-electron chi connectivity index (χ1n) is 6.63. The van der Waals surface area contributed by atoms with E-state index in [4.69, 9.17) is 4.52 Å². The van der Waals surface area contributed by atoms with E-state index in [1.54, 1.807) is 0 Å². The minimum Gasteiger partial charge on any atom is -0.342 e. The Balaban J connectivity index is 1.79. The Morgan fingerprint density at radius 3 is 2.95 bits per heavy atom. The van der Waals surface area contributed by atoms with E-state index in [9.17, 15) is 0 Å². The van der Waals surface area contributed by atoms with E-state index >= 15 is 0 Å². The van der Waals surface area contributed by atoms with Gasteiger partial charge in [-0.05, 0) is 29.6 Å². The Kier molecular flexibility index (Phi) is 3.21. The van der Waals surface area contributed by atoms with Gasteiger partial charge in [0.2, 0.25) is 5.89 Å². The molecule has 0 spiro atoms. The van der Waals surface area contributed by atoms with Crippen LogP contribution in [0.4, 0.5) is 5.95 Å². The van der Waals surface area contributed by atoms with Crippen LogP contribution >= 0.6 is 0 Å². The Morgan fingerprint density at radius 2 is 2.16 bits per heavy atom. The lowest BCUT2D eigenvalue weighted by Crippen LogP contribution is -2.28. The molecule has 0 bridgehead atoms. The van der Waals surface area contributed by atoms with Crippen LogP contribution in [-0.2, 0) is 13.0 Å². The molecule has 19 heavy (non-hydrogen) atoms. The molecular weight excluding hydrogens is 240 g/mol. The van der Waals surface area contributed by atoms with Crippen molar-refractivity contribution in [2.75, 3.05) is 18.5 Å². The molecule has 1 atom stereocenters. The summed E-state index contributed by atoms with van der Waals surface area (Å²) in [5.41, 5.74) is 2.71. The van der Waals surface area contributed by atoms with Crippen molar-refractivity contribution < 1.29 is 4.52 Å². The molecule has 2 heterocycles. The van der Waals surface area contributed by atoms with Gasteiger partial charge in [0.25, 0.3) is 5.95 Å². The summed E-state index contributed by atoms with van der Waals surface area (Å²) in [5.74, 6) is 1.32. The summed E-state index contributed by atoms with van der Waals surface area (Å²) >= 11 is 0. The van der Waals surface area contributed by atoms with E-state index in [-0.39, 0.29) is 6.04 Å². The van der Waals surface area contributed by atoms with Gasteiger partial charge in [0.1, 0.15) is 0 Å². The van der Waals surface area contributed by atoms with Crippen molar-refractivity contribution in [2.24, 2.45) is 0 Å². The third kappa shape index (κ3) is 2.33. The highest BCUT2D eigenvalue weighted by Gasteiger charge is 2.24. The van der Waals surface area contributed by atoms with Gasteiger partial charge in [-0.3, -0.25) is 0 Å². The maximum Gasteiger partial charge on any atom is 0.265 e. The number of anilines is 1. The summed E-state index contributed by atoms with van der Waals surface area (Å²) in [7, 11) is 1.96. The summed E-state index contributed by atoms with van der Waals surface area (Å²) < 4.78 is 5.38. The minimum atomic E-state index is 0.112. The predicted molar refractivity (Wildman–Crippen MR) is 73.0 cm³/mol. The molecule has 1 aliphatic rings. The molecule has 100 valence electrons. The summed E-state index contributed by atoms with van der Waals surface area (Å²) in [6.07, 6.45) is 0.896. The number of fused-ring (bicyclic) bond motifs is 1. The second-order valence-electron chi connectivity index (χ2n) is 4.85. The molecule has 1 aromatic heterocycles. The maximum absolute atomic E-state index is 5.38. The fourth-order valence-corrected chi connectivity index (χ4v) is 2.29. The summed E-state index contributed by atoms with van der Waals surface area (Å²) in [5, 5.41) is 7.47. The standard InChI is InChI=1S/C14H18N4O/c1-3-18(2)14-16-13(19-17-14)12-8-10-6-4-5-7-11(10)9-15-12/h4-7,12,15H,3,8-9H2,1-2H3/t12-/m0/s1. The molecule has 3 rings (SSSR count). The van der Waals surface area contributed by atoms with Gasteiger partial charge in [0.05, 0.1) is 6.04 Å². The quantitative estimate of drug-likeness (QED) is 0.911. The van der Waals surface area contributed by atoms with E-state index in [0.29, 0.717) is 11.8 Å². The zero-order chi connectivity index (χ0) is 13.2. The number of benzene rings is 1. The van der Waals surface area contributed by atoms with Crippen LogP contribution in [0.15, 0.2) is 28.8 Å². The maximum atomic E-state index is 5.38. The lowest BCUT2D eigenvalue weighted by atomic mass is 9.96. The molecular formula is C14H18N4O. The molecule has 0 radical (unpaired) electrons. The lowest BCUT2D eigenvalue weighted by molar-refractivity contribution is 0.321. The van der Waals surface area contributed by atoms with Crippen LogP contribution in [0.1, 0.15) is 30.0 Å². The highest BCUT2D eigenvalue weighted by Crippen LogP contribution is 2.25. The van der Waals surface area contributed by atoms with Crippen molar-refractivity contribution in [1.82, 2.24) is 15.5 Å². The second-order valence-corrected chi connectivity index (χ2v) is 4.85. The van der Waals surface area contributed by atoms with Crippen molar-refractivity contribution in [3.8, 4) is 0 Å². The minimum absolute atomic E-state index is 0.112. The van der Waals surface area contributed by atoms with Gasteiger partial charge >= 0.3 is 0 Å². The zero-order valence-corrected chi connectivity index (χ0v) is 11.3. The average molecular weight is 258 g/mol. The molecule has 0 saturated carbocycles. The van der Waals surface area contributed by atoms with Crippen LogP contribution in [0, 0.1) is 0 Å². The summed E-state index contributed by atoms with van der Waals surface area (Å²) in [6.45, 7) is 3.77. The first-order valence-corrected chi connectivity index (χ1v) is 6.63. The van der Waals surface area contributed by atoms with Gasteiger partial charge < -0.3 is 14.7 Å². The Bertz CT molecular complexity index is 566. The van der Waals surface area contributed by atoms with Gasteiger partial charge in [-0.1, -0.05) is 24.3 Å². The SMILES string of the molecule is CCN(C)c1noc([C@@H]2Cc3ccccc3CN2)n1. The van der Waals surface area contributed by atoms with E-state index in [1.807, 2.05) is 11.9 Å². The summed E-state index contributed by atoms with van der Waals surface area (Å²) in [6, 6.07) is 8.58. The van der Waals surface area contributed by atoms with Gasteiger partial charge in [-0.25, -0.2) is 0 Å². The third-order valence-corrected chi connectivity index (χ3v) is 3.63. The molecule has 2 aromatic rings. The molecule has 1 aliphatic heterocycles. The van der Waals surface area contributed by atoms with Crippen LogP contribution in [-0.4, -0.2) is 23.7 Å². The highest BCUT2D eigenvalue weighted by molar-refractivity contribution is 5.31. The Labute approximate surface area is 112 Å². The number of rotatable bonds is 3. The lowest BCUT2D eigenvalue weighted by Gasteiger charge is -2.23. The zero-order valence-electron chi connectivity index (χ0n) is 11.3. The van der Waals surface area contributed by atoms with Gasteiger partial charge in [-0.15, -0.1) is 0 Å². The number of hydrogen-bond donors (Lipinski definition) is 1. The Morgan fingerprint density at radius 1 is 1.37 bits per heavy atom. The number of nitrogens with zero attached hydrogens (tertiary/aromatic N) is 3. The van der Waals surface area contributed by atoms with Crippen LogP contribution < -0.4 is 10.2 Å². The second kappa shape index (κ2) is 5.01. The third-order valence-electron chi connectivity index (χ3n) is 3.63. The smallest absolute Gasteiger partial charge is 0.265 e. The first kappa shape index (κ1) is 12.2. The van der Waals surface area contributed by atoms with Crippen LogP contribution in [0.25, 0.3) is 0 Å². The number of aromatic nitrogens is 2. The van der Waals surface area contributed by atoms with E-state index in [2.05, 4.69) is 46.6 Å². The number of nitrogens with one attached hydrogen (secondary N) is 1. The molecule has 0 unspecified atom stereocenters. The van der Waals surface area contributed by atoms with Gasteiger partial charge in [-0.2, -0.15) is 4.98 Å². The fraction of sp³-hybridized carbons (Fsp3) is 0.429. The summed E-state index contributed by atoms with van der Waals surface area (Å²) in [4.78, 5) is 6.43. The number of hydrogen-bond acceptors (Lipinski definition) is 5. The van der Waals surface area contributed by atoms with E-state index in [1.165, 1.54) is 11.1 Å². The predicted octanol–water partition coefficient (Wildman–Crippen LogP) is 1.91. The molecule has 0 aliphatic carbocycles. The van der Waals surface area contributed by atoms with Gasteiger partial charge in [0, 0.05) is 20.1 Å². The first-order chi connectivity index (χ1) is 9.28. The highest BCUT2D eigenvalue weighted by atomic mass is 16.5. The molecule has 5 heteroatoms. The average Bonchev–Trinajstić information content (AvgIpc) is 2.95. The Hall–Kier alpha value is -1.88. The topological polar surface area (TPSA) is 54.2 Å². The van der Waals surface area contributed by atoms with E-state index in [0.717, 1.165) is 19.5 Å². The van der Waals surface area contributed by atoms with Crippen LogP contribution in [0.5, 0.6) is 0 Å². The molecule has 0 fully saturated rings. The van der Waals surface area contributed by atoms with Crippen molar-refractivity contribution in [1.29, 1.82) is 0 Å². The van der Waals surface area contributed by atoms with Crippen molar-refractivity contribution in [3.05, 3.63) is 41.3 Å². The van der Waals surface area contributed by atoms with Crippen molar-refractivity contribution in [3.63, 3.8) is 0 Å². The normalized spacial score (nSPS) is 18.1. The largest absolute Gasteiger partial charge is 0.342 e. The molecule has 0 saturated heterocycles. The molecule has 1 aromatic carbocycles.